The van der Waals surface area contributed by atoms with Crippen LogP contribution in [0.1, 0.15) is 24.8 Å². The summed E-state index contributed by atoms with van der Waals surface area (Å²) in [5, 5.41) is 2.97. The Balaban J connectivity index is 1.44. The largest absolute Gasteiger partial charge is 0.372 e. The first-order chi connectivity index (χ1) is 11.8. The lowest BCUT2D eigenvalue weighted by Crippen LogP contribution is -2.29. The summed E-state index contributed by atoms with van der Waals surface area (Å²) in [4.78, 5) is 18.4. The Morgan fingerprint density at radius 1 is 1.04 bits per heavy atom. The number of benzene rings is 1. The lowest BCUT2D eigenvalue weighted by molar-refractivity contribution is -0.113. The molecule has 0 unspecified atom stereocenters. The van der Waals surface area contributed by atoms with Gasteiger partial charge in [0, 0.05) is 42.6 Å². The Morgan fingerprint density at radius 2 is 1.75 bits per heavy atom. The maximum absolute atomic E-state index is 12.0. The number of anilines is 2. The smallest absolute Gasteiger partial charge is 0.234 e. The van der Waals surface area contributed by atoms with Crippen LogP contribution < -0.4 is 10.2 Å². The zero-order valence-corrected chi connectivity index (χ0v) is 14.6. The normalized spacial score (nSPS) is 14.4. The molecule has 2 aromatic rings. The van der Waals surface area contributed by atoms with E-state index in [1.807, 2.05) is 24.3 Å². The number of thioether (sulfide) groups is 1. The molecule has 2 heterocycles. The Morgan fingerprint density at radius 3 is 2.46 bits per heavy atom. The van der Waals surface area contributed by atoms with Gasteiger partial charge in [-0.3, -0.25) is 9.78 Å². The molecule has 4 nitrogen and oxygen atoms in total. The molecule has 0 spiro atoms. The summed E-state index contributed by atoms with van der Waals surface area (Å²) in [5.41, 5.74) is 3.30. The third-order valence-corrected chi connectivity index (χ3v) is 5.13. The number of aromatic nitrogens is 1. The molecule has 0 bridgehead atoms. The highest BCUT2D eigenvalue weighted by molar-refractivity contribution is 7.99. The first-order valence-electron chi connectivity index (χ1n) is 8.43. The molecule has 24 heavy (non-hydrogen) atoms. The molecule has 126 valence electrons. The van der Waals surface area contributed by atoms with Gasteiger partial charge < -0.3 is 10.2 Å². The van der Waals surface area contributed by atoms with Crippen LogP contribution in [0.25, 0.3) is 0 Å². The second-order valence-electron chi connectivity index (χ2n) is 5.99. The van der Waals surface area contributed by atoms with Crippen LogP contribution in [-0.4, -0.2) is 29.7 Å². The van der Waals surface area contributed by atoms with Gasteiger partial charge in [-0.05, 0) is 61.2 Å². The molecule has 1 fully saturated rings. The van der Waals surface area contributed by atoms with E-state index >= 15 is 0 Å². The number of hydrogen-bond donors (Lipinski definition) is 1. The second kappa shape index (κ2) is 8.73. The fourth-order valence-electron chi connectivity index (χ4n) is 2.85. The number of nitrogens with one attached hydrogen (secondary N) is 1. The predicted octanol–water partition coefficient (Wildman–Crippen LogP) is 3.94. The van der Waals surface area contributed by atoms with Gasteiger partial charge in [0.2, 0.25) is 5.91 Å². The summed E-state index contributed by atoms with van der Waals surface area (Å²) < 4.78 is 0. The predicted molar refractivity (Wildman–Crippen MR) is 102 cm³/mol. The minimum Gasteiger partial charge on any atom is -0.372 e. The van der Waals surface area contributed by atoms with E-state index < -0.39 is 0 Å². The molecule has 0 saturated carbocycles. The lowest BCUT2D eigenvalue weighted by atomic mass is 10.1. The SMILES string of the molecule is O=C(CSCc1ccncc1)Nc1ccc(N2CCCCC2)cc1. The van der Waals surface area contributed by atoms with E-state index in [1.54, 1.807) is 24.2 Å². The summed E-state index contributed by atoms with van der Waals surface area (Å²) in [6, 6.07) is 12.1. The molecular formula is C19H23N3OS. The molecule has 1 amide bonds. The molecule has 1 aromatic carbocycles. The topological polar surface area (TPSA) is 45.2 Å². The van der Waals surface area contributed by atoms with Gasteiger partial charge in [0.25, 0.3) is 0 Å². The van der Waals surface area contributed by atoms with Gasteiger partial charge in [-0.25, -0.2) is 0 Å². The molecule has 1 N–H and O–H groups in total. The highest BCUT2D eigenvalue weighted by Gasteiger charge is 2.11. The number of pyridine rings is 1. The van der Waals surface area contributed by atoms with E-state index in [1.165, 1.54) is 30.5 Å². The van der Waals surface area contributed by atoms with Crippen molar-refractivity contribution in [2.24, 2.45) is 0 Å². The Bertz CT molecular complexity index is 639. The van der Waals surface area contributed by atoms with Crippen molar-refractivity contribution in [3.05, 3.63) is 54.4 Å². The zero-order valence-electron chi connectivity index (χ0n) is 13.8. The summed E-state index contributed by atoms with van der Waals surface area (Å²) >= 11 is 1.61. The van der Waals surface area contributed by atoms with Crippen LogP contribution in [0.15, 0.2) is 48.8 Å². The first kappa shape index (κ1) is 16.8. The molecule has 0 radical (unpaired) electrons. The molecule has 1 aliphatic rings. The minimum absolute atomic E-state index is 0.0415. The van der Waals surface area contributed by atoms with Crippen LogP contribution in [0.5, 0.6) is 0 Å². The van der Waals surface area contributed by atoms with Gasteiger partial charge in [-0.2, -0.15) is 0 Å². The van der Waals surface area contributed by atoms with E-state index in [0.29, 0.717) is 5.75 Å². The number of rotatable bonds is 6. The van der Waals surface area contributed by atoms with E-state index in [0.717, 1.165) is 24.5 Å². The van der Waals surface area contributed by atoms with Crippen molar-refractivity contribution in [3.63, 3.8) is 0 Å². The van der Waals surface area contributed by atoms with Crippen molar-refractivity contribution in [2.45, 2.75) is 25.0 Å². The lowest BCUT2D eigenvalue weighted by Gasteiger charge is -2.28. The highest BCUT2D eigenvalue weighted by atomic mass is 32.2. The Labute approximate surface area is 147 Å². The first-order valence-corrected chi connectivity index (χ1v) is 9.58. The summed E-state index contributed by atoms with van der Waals surface area (Å²) in [6.45, 7) is 2.27. The van der Waals surface area contributed by atoms with Crippen LogP contribution in [0.3, 0.4) is 0 Å². The van der Waals surface area contributed by atoms with Gasteiger partial charge in [-0.15, -0.1) is 11.8 Å². The highest BCUT2D eigenvalue weighted by Crippen LogP contribution is 2.22. The van der Waals surface area contributed by atoms with Crippen molar-refractivity contribution in [1.82, 2.24) is 4.98 Å². The zero-order chi connectivity index (χ0) is 16.6. The van der Waals surface area contributed by atoms with E-state index in [2.05, 4.69) is 27.3 Å². The van der Waals surface area contributed by atoms with E-state index in [9.17, 15) is 4.79 Å². The van der Waals surface area contributed by atoms with Crippen LogP contribution in [0.4, 0.5) is 11.4 Å². The molecule has 1 saturated heterocycles. The fourth-order valence-corrected chi connectivity index (χ4v) is 3.63. The maximum atomic E-state index is 12.0. The average Bonchev–Trinajstić information content (AvgIpc) is 2.64. The minimum atomic E-state index is 0.0415. The van der Waals surface area contributed by atoms with Crippen molar-refractivity contribution < 1.29 is 4.79 Å². The standard InChI is InChI=1S/C19H23N3OS/c23-19(15-24-14-16-8-10-20-11-9-16)21-17-4-6-18(7-5-17)22-12-2-1-3-13-22/h4-11H,1-3,12-15H2,(H,21,23). The van der Waals surface area contributed by atoms with Crippen LogP contribution in [0, 0.1) is 0 Å². The van der Waals surface area contributed by atoms with Gasteiger partial charge in [0.05, 0.1) is 5.75 Å². The monoisotopic (exact) mass is 341 g/mol. The number of hydrogen-bond acceptors (Lipinski definition) is 4. The Kier molecular flexibility index (Phi) is 6.13. The van der Waals surface area contributed by atoms with Crippen molar-refractivity contribution in [3.8, 4) is 0 Å². The number of amides is 1. The van der Waals surface area contributed by atoms with Gasteiger partial charge in [0.15, 0.2) is 0 Å². The average molecular weight is 341 g/mol. The van der Waals surface area contributed by atoms with Crippen LogP contribution in [-0.2, 0) is 10.5 Å². The summed E-state index contributed by atoms with van der Waals surface area (Å²) in [5.74, 6) is 1.32. The third kappa shape index (κ3) is 4.99. The van der Waals surface area contributed by atoms with E-state index in [4.69, 9.17) is 0 Å². The number of nitrogens with zero attached hydrogens (tertiary/aromatic N) is 2. The molecular weight excluding hydrogens is 318 g/mol. The van der Waals surface area contributed by atoms with Gasteiger partial charge >= 0.3 is 0 Å². The molecule has 5 heteroatoms. The molecule has 0 aliphatic carbocycles. The quantitative estimate of drug-likeness (QED) is 0.864. The second-order valence-corrected chi connectivity index (χ2v) is 6.98. The Hall–Kier alpha value is -2.01. The maximum Gasteiger partial charge on any atom is 0.234 e. The van der Waals surface area contributed by atoms with Crippen LogP contribution in [0.2, 0.25) is 0 Å². The van der Waals surface area contributed by atoms with Gasteiger partial charge in [-0.1, -0.05) is 0 Å². The van der Waals surface area contributed by atoms with Crippen molar-refractivity contribution >= 4 is 29.0 Å². The van der Waals surface area contributed by atoms with Crippen LogP contribution >= 0.6 is 11.8 Å². The third-order valence-electron chi connectivity index (χ3n) is 4.12. The molecule has 1 aromatic heterocycles. The summed E-state index contributed by atoms with van der Waals surface area (Å²) in [6.07, 6.45) is 7.43. The molecule has 1 aliphatic heterocycles. The molecule has 0 atom stereocenters. The number of carbonyl (C=O) groups is 1. The summed E-state index contributed by atoms with van der Waals surface area (Å²) in [7, 11) is 0. The van der Waals surface area contributed by atoms with Crippen molar-refractivity contribution in [1.29, 1.82) is 0 Å². The van der Waals surface area contributed by atoms with E-state index in [-0.39, 0.29) is 5.91 Å². The van der Waals surface area contributed by atoms with Crippen molar-refractivity contribution in [2.75, 3.05) is 29.1 Å². The molecule has 3 rings (SSSR count). The fraction of sp³-hybridized carbons (Fsp3) is 0.368. The number of piperidine rings is 1. The number of carbonyl (C=O) groups excluding carboxylic acids is 1. The van der Waals surface area contributed by atoms with Gasteiger partial charge in [0.1, 0.15) is 0 Å².